The maximum absolute atomic E-state index is 9.72. The molecule has 0 saturated heterocycles. The molecule has 1 aliphatic carbocycles. The van der Waals surface area contributed by atoms with Crippen molar-refractivity contribution in [3.05, 3.63) is 22.2 Å². The van der Waals surface area contributed by atoms with E-state index in [9.17, 15) is 5.11 Å². The van der Waals surface area contributed by atoms with Gasteiger partial charge in [-0.3, -0.25) is 0 Å². The van der Waals surface area contributed by atoms with Crippen LogP contribution in [-0.4, -0.2) is 18.8 Å². The number of nitrogens with two attached hydrogens (primary N) is 1. The largest absolute Gasteiger partial charge is 0.504 e. The van der Waals surface area contributed by atoms with Crippen LogP contribution < -0.4 is 10.5 Å². The molecule has 2 rings (SSSR count). The van der Waals surface area contributed by atoms with Crippen LogP contribution in [0.5, 0.6) is 11.5 Å². The Morgan fingerprint density at radius 2 is 2.20 bits per heavy atom. The van der Waals surface area contributed by atoms with Gasteiger partial charge in [-0.2, -0.15) is 0 Å². The van der Waals surface area contributed by atoms with Crippen LogP contribution in [0.4, 0.5) is 0 Å². The fraction of sp³-hybridized carbons (Fsp3) is 0.455. The quantitative estimate of drug-likeness (QED) is 0.886. The summed E-state index contributed by atoms with van der Waals surface area (Å²) >= 11 is 3.49. The molecular weight excluding hydrogens is 258 g/mol. The van der Waals surface area contributed by atoms with Gasteiger partial charge in [-0.25, -0.2) is 0 Å². The topological polar surface area (TPSA) is 55.5 Å². The molecule has 0 aromatic heterocycles. The SMILES string of the molecule is COc1c(O)ccc(Br)c1C1(CN)CC1. The fourth-order valence-electron chi connectivity index (χ4n) is 1.96. The van der Waals surface area contributed by atoms with Crippen LogP contribution in [0, 0.1) is 0 Å². The predicted molar refractivity (Wildman–Crippen MR) is 62.3 cm³/mol. The number of hydrogen-bond acceptors (Lipinski definition) is 3. The molecule has 1 saturated carbocycles. The highest BCUT2D eigenvalue weighted by atomic mass is 79.9. The molecule has 0 unspecified atom stereocenters. The van der Waals surface area contributed by atoms with E-state index in [1.54, 1.807) is 13.2 Å². The summed E-state index contributed by atoms with van der Waals surface area (Å²) in [6.07, 6.45) is 2.11. The Kier molecular flexibility index (Phi) is 2.64. The Morgan fingerprint density at radius 1 is 1.53 bits per heavy atom. The van der Waals surface area contributed by atoms with Gasteiger partial charge in [-0.15, -0.1) is 0 Å². The molecule has 15 heavy (non-hydrogen) atoms. The molecule has 1 fully saturated rings. The molecule has 0 amide bonds. The molecule has 0 spiro atoms. The second kappa shape index (κ2) is 3.68. The maximum atomic E-state index is 9.72. The van der Waals surface area contributed by atoms with Gasteiger partial charge in [0.2, 0.25) is 0 Å². The Balaban J connectivity index is 2.58. The average molecular weight is 272 g/mol. The average Bonchev–Trinajstić information content (AvgIpc) is 3.01. The number of ether oxygens (including phenoxy) is 1. The zero-order chi connectivity index (χ0) is 11.1. The van der Waals surface area contributed by atoms with Crippen molar-refractivity contribution >= 4 is 15.9 Å². The van der Waals surface area contributed by atoms with Gasteiger partial charge in [0.05, 0.1) is 7.11 Å². The molecule has 1 aromatic rings. The minimum atomic E-state index is 0.00289. The van der Waals surface area contributed by atoms with Gasteiger partial charge in [0, 0.05) is 22.0 Å². The number of phenolic OH excluding ortho intramolecular Hbond substituents is 1. The van der Waals surface area contributed by atoms with Crippen molar-refractivity contribution in [2.24, 2.45) is 5.73 Å². The van der Waals surface area contributed by atoms with Gasteiger partial charge in [-0.05, 0) is 25.0 Å². The third-order valence-corrected chi connectivity index (χ3v) is 3.73. The minimum Gasteiger partial charge on any atom is -0.504 e. The van der Waals surface area contributed by atoms with E-state index in [4.69, 9.17) is 10.5 Å². The van der Waals surface area contributed by atoms with Crippen LogP contribution in [-0.2, 0) is 5.41 Å². The van der Waals surface area contributed by atoms with E-state index in [1.165, 1.54) is 0 Å². The number of halogens is 1. The normalized spacial score (nSPS) is 17.5. The van der Waals surface area contributed by atoms with Crippen LogP contribution in [0.1, 0.15) is 18.4 Å². The second-order valence-electron chi connectivity index (χ2n) is 3.96. The lowest BCUT2D eigenvalue weighted by atomic mass is 9.95. The van der Waals surface area contributed by atoms with Crippen molar-refractivity contribution in [3.63, 3.8) is 0 Å². The first-order chi connectivity index (χ1) is 7.14. The molecule has 3 N–H and O–H groups in total. The number of hydrogen-bond donors (Lipinski definition) is 2. The van der Waals surface area contributed by atoms with Crippen LogP contribution in [0.15, 0.2) is 16.6 Å². The second-order valence-corrected chi connectivity index (χ2v) is 4.81. The Labute approximate surface area is 97.4 Å². The summed E-state index contributed by atoms with van der Waals surface area (Å²) in [7, 11) is 1.57. The van der Waals surface area contributed by atoms with Gasteiger partial charge in [0.25, 0.3) is 0 Å². The molecule has 82 valence electrons. The lowest BCUT2D eigenvalue weighted by Crippen LogP contribution is -2.21. The first-order valence-corrected chi connectivity index (χ1v) is 5.70. The Bertz CT molecular complexity index is 388. The predicted octanol–water partition coefficient (Wildman–Crippen LogP) is 2.15. The van der Waals surface area contributed by atoms with Crippen molar-refractivity contribution in [1.29, 1.82) is 0 Å². The van der Waals surface area contributed by atoms with Crippen molar-refractivity contribution in [2.45, 2.75) is 18.3 Å². The van der Waals surface area contributed by atoms with Crippen LogP contribution in [0.25, 0.3) is 0 Å². The summed E-state index contributed by atoms with van der Waals surface area (Å²) in [6, 6.07) is 3.46. The molecule has 1 aliphatic rings. The summed E-state index contributed by atoms with van der Waals surface area (Å²) < 4.78 is 6.21. The van der Waals surface area contributed by atoms with Crippen molar-refractivity contribution in [3.8, 4) is 11.5 Å². The summed E-state index contributed by atoms with van der Waals surface area (Å²) in [6.45, 7) is 0.589. The number of rotatable bonds is 3. The highest BCUT2D eigenvalue weighted by Gasteiger charge is 2.46. The van der Waals surface area contributed by atoms with Gasteiger partial charge in [0.15, 0.2) is 11.5 Å². The lowest BCUT2D eigenvalue weighted by Gasteiger charge is -2.19. The number of methoxy groups -OCH3 is 1. The first-order valence-electron chi connectivity index (χ1n) is 4.90. The molecule has 0 bridgehead atoms. The van der Waals surface area contributed by atoms with E-state index in [0.717, 1.165) is 22.9 Å². The van der Waals surface area contributed by atoms with Gasteiger partial charge in [0.1, 0.15) is 0 Å². The molecule has 0 radical (unpaired) electrons. The van der Waals surface area contributed by atoms with Gasteiger partial charge < -0.3 is 15.6 Å². The van der Waals surface area contributed by atoms with Crippen LogP contribution >= 0.6 is 15.9 Å². The van der Waals surface area contributed by atoms with Crippen molar-refractivity contribution < 1.29 is 9.84 Å². The number of benzene rings is 1. The molecule has 0 atom stereocenters. The van der Waals surface area contributed by atoms with Gasteiger partial charge >= 0.3 is 0 Å². The zero-order valence-electron chi connectivity index (χ0n) is 8.59. The van der Waals surface area contributed by atoms with E-state index in [1.807, 2.05) is 6.07 Å². The summed E-state index contributed by atoms with van der Waals surface area (Å²) in [5.74, 6) is 0.725. The standard InChI is InChI=1S/C11H14BrNO2/c1-15-10-8(14)3-2-7(12)9(10)11(6-13)4-5-11/h2-3,14H,4-6,13H2,1H3. The summed E-state index contributed by atoms with van der Waals surface area (Å²) in [5.41, 5.74) is 6.80. The van der Waals surface area contributed by atoms with E-state index in [2.05, 4.69) is 15.9 Å². The van der Waals surface area contributed by atoms with Crippen molar-refractivity contribution in [2.75, 3.05) is 13.7 Å². The molecule has 1 aromatic carbocycles. The molecule has 0 aliphatic heterocycles. The van der Waals surface area contributed by atoms with Crippen LogP contribution in [0.3, 0.4) is 0 Å². The fourth-order valence-corrected chi connectivity index (χ4v) is 2.69. The summed E-state index contributed by atoms with van der Waals surface area (Å²) in [5, 5.41) is 9.72. The van der Waals surface area contributed by atoms with E-state index in [-0.39, 0.29) is 11.2 Å². The van der Waals surface area contributed by atoms with E-state index < -0.39 is 0 Å². The molecular formula is C11H14BrNO2. The lowest BCUT2D eigenvalue weighted by molar-refractivity contribution is 0.364. The first kappa shape index (κ1) is 10.8. The summed E-state index contributed by atoms with van der Waals surface area (Å²) in [4.78, 5) is 0. The molecule has 0 heterocycles. The number of phenols is 1. The smallest absolute Gasteiger partial charge is 0.165 e. The third-order valence-electron chi connectivity index (χ3n) is 3.06. The monoisotopic (exact) mass is 271 g/mol. The van der Waals surface area contributed by atoms with E-state index >= 15 is 0 Å². The van der Waals surface area contributed by atoms with Crippen LogP contribution in [0.2, 0.25) is 0 Å². The zero-order valence-corrected chi connectivity index (χ0v) is 10.2. The highest BCUT2D eigenvalue weighted by Crippen LogP contribution is 2.54. The Hall–Kier alpha value is -0.740. The third kappa shape index (κ3) is 1.62. The number of aromatic hydroxyl groups is 1. The minimum absolute atomic E-state index is 0.00289. The maximum Gasteiger partial charge on any atom is 0.165 e. The van der Waals surface area contributed by atoms with E-state index in [0.29, 0.717) is 12.3 Å². The highest BCUT2D eigenvalue weighted by molar-refractivity contribution is 9.10. The Morgan fingerprint density at radius 3 is 2.67 bits per heavy atom. The molecule has 4 heteroatoms. The van der Waals surface area contributed by atoms with Gasteiger partial charge in [-0.1, -0.05) is 15.9 Å². The van der Waals surface area contributed by atoms with Crippen molar-refractivity contribution in [1.82, 2.24) is 0 Å². The molecule has 3 nitrogen and oxygen atoms in total.